The number of carbonyl (C=O) groups excluding carboxylic acids is 1. The number of fused-ring (bicyclic) bond motifs is 1. The molecule has 122 valence electrons. The van der Waals surface area contributed by atoms with Gasteiger partial charge in [-0.25, -0.2) is 4.98 Å². The third-order valence-electron chi connectivity index (χ3n) is 3.43. The van der Waals surface area contributed by atoms with E-state index in [0.717, 1.165) is 34.2 Å². The lowest BCUT2D eigenvalue weighted by molar-refractivity contribution is -0.120. The zero-order valence-corrected chi connectivity index (χ0v) is 13.7. The van der Waals surface area contributed by atoms with E-state index in [4.69, 9.17) is 15.2 Å². The topological polar surface area (TPSA) is 86.5 Å². The number of ether oxygens (including phenoxy) is 2. The Hall–Kier alpha value is -2.12. The molecule has 23 heavy (non-hydrogen) atoms. The van der Waals surface area contributed by atoms with Crippen molar-refractivity contribution in [3.63, 3.8) is 0 Å². The monoisotopic (exact) mass is 333 g/mol. The van der Waals surface area contributed by atoms with Gasteiger partial charge in [0.25, 0.3) is 0 Å². The van der Waals surface area contributed by atoms with Gasteiger partial charge in [-0.1, -0.05) is 0 Å². The Morgan fingerprint density at radius 2 is 2.26 bits per heavy atom. The lowest BCUT2D eigenvalue weighted by Gasteiger charge is -2.06. The molecule has 1 aromatic carbocycles. The lowest BCUT2D eigenvalue weighted by Crippen LogP contribution is -2.30. The summed E-state index contributed by atoms with van der Waals surface area (Å²) in [5, 5.41) is 5.63. The highest BCUT2D eigenvalue weighted by molar-refractivity contribution is 7.13. The summed E-state index contributed by atoms with van der Waals surface area (Å²) in [4.78, 5) is 16.4. The highest BCUT2D eigenvalue weighted by Crippen LogP contribution is 2.36. The average molecular weight is 333 g/mol. The van der Waals surface area contributed by atoms with Crippen molar-refractivity contribution < 1.29 is 14.3 Å². The highest BCUT2D eigenvalue weighted by atomic mass is 32.1. The third-order valence-corrected chi connectivity index (χ3v) is 4.37. The first-order chi connectivity index (χ1) is 11.1. The molecule has 1 atom stereocenters. The second-order valence-electron chi connectivity index (χ2n) is 5.50. The van der Waals surface area contributed by atoms with Gasteiger partial charge in [-0.3, -0.25) is 4.79 Å². The molecule has 0 radical (unpaired) electrons. The van der Waals surface area contributed by atoms with Gasteiger partial charge >= 0.3 is 0 Å². The van der Waals surface area contributed by atoms with Crippen molar-refractivity contribution in [2.45, 2.75) is 25.8 Å². The number of nitrogens with two attached hydrogens (primary N) is 1. The largest absolute Gasteiger partial charge is 0.454 e. The van der Waals surface area contributed by atoms with Crippen LogP contribution in [0.25, 0.3) is 10.6 Å². The summed E-state index contributed by atoms with van der Waals surface area (Å²) in [6.45, 7) is 2.77. The number of aromatic nitrogens is 1. The first-order valence-corrected chi connectivity index (χ1v) is 8.36. The Bertz CT molecular complexity index is 700. The van der Waals surface area contributed by atoms with E-state index < -0.39 is 0 Å². The van der Waals surface area contributed by atoms with Crippen LogP contribution in [0.3, 0.4) is 0 Å². The summed E-state index contributed by atoms with van der Waals surface area (Å²) in [6.07, 6.45) is 1.05. The van der Waals surface area contributed by atoms with Crippen molar-refractivity contribution in [3.05, 3.63) is 29.3 Å². The quantitative estimate of drug-likeness (QED) is 0.843. The molecule has 0 fully saturated rings. The molecular formula is C16H19N3O3S. The number of hydrogen-bond acceptors (Lipinski definition) is 6. The molecule has 2 heterocycles. The Labute approximate surface area is 138 Å². The van der Waals surface area contributed by atoms with Crippen LogP contribution in [0.15, 0.2) is 23.6 Å². The van der Waals surface area contributed by atoms with E-state index in [0.29, 0.717) is 6.54 Å². The summed E-state index contributed by atoms with van der Waals surface area (Å²) in [6, 6.07) is 5.82. The van der Waals surface area contributed by atoms with Crippen molar-refractivity contribution in [3.8, 4) is 22.1 Å². The summed E-state index contributed by atoms with van der Waals surface area (Å²) < 4.78 is 10.7. The fourth-order valence-corrected chi connectivity index (χ4v) is 3.03. The minimum Gasteiger partial charge on any atom is -0.454 e. The van der Waals surface area contributed by atoms with E-state index >= 15 is 0 Å². The molecule has 1 aliphatic heterocycles. The Kier molecular flexibility index (Phi) is 4.78. The molecule has 7 heteroatoms. The van der Waals surface area contributed by atoms with Gasteiger partial charge in [-0.15, -0.1) is 11.3 Å². The Morgan fingerprint density at radius 3 is 3.09 bits per heavy atom. The normalized spacial score (nSPS) is 13.8. The summed E-state index contributed by atoms with van der Waals surface area (Å²) in [5.41, 5.74) is 7.38. The second-order valence-corrected chi connectivity index (χ2v) is 6.36. The zero-order valence-electron chi connectivity index (χ0n) is 12.9. The minimum absolute atomic E-state index is 0.0341. The molecule has 3 rings (SSSR count). The van der Waals surface area contributed by atoms with Crippen molar-refractivity contribution in [2.75, 3.05) is 13.3 Å². The van der Waals surface area contributed by atoms with E-state index in [-0.39, 0.29) is 25.2 Å². The molecule has 0 aliphatic carbocycles. The molecule has 1 aliphatic rings. The van der Waals surface area contributed by atoms with Gasteiger partial charge in [0, 0.05) is 23.5 Å². The average Bonchev–Trinajstić information content (AvgIpc) is 3.14. The van der Waals surface area contributed by atoms with Crippen LogP contribution in [-0.2, 0) is 11.2 Å². The first kappa shape index (κ1) is 15.8. The lowest BCUT2D eigenvalue weighted by atomic mass is 10.2. The number of hydrogen-bond donors (Lipinski definition) is 2. The van der Waals surface area contributed by atoms with Crippen LogP contribution < -0.4 is 20.5 Å². The number of rotatable bonds is 6. The number of amides is 1. The predicted molar refractivity (Wildman–Crippen MR) is 88.7 cm³/mol. The molecule has 0 bridgehead atoms. The molecule has 6 nitrogen and oxygen atoms in total. The molecule has 0 saturated carbocycles. The van der Waals surface area contributed by atoms with Gasteiger partial charge in [0.05, 0.1) is 12.1 Å². The zero-order chi connectivity index (χ0) is 16.2. The first-order valence-electron chi connectivity index (χ1n) is 7.48. The number of nitrogens with one attached hydrogen (secondary N) is 1. The van der Waals surface area contributed by atoms with E-state index in [1.54, 1.807) is 0 Å². The van der Waals surface area contributed by atoms with Crippen LogP contribution in [0.2, 0.25) is 0 Å². The number of thiazole rings is 1. The van der Waals surface area contributed by atoms with Crippen LogP contribution in [0.1, 0.15) is 19.0 Å². The van der Waals surface area contributed by atoms with Gasteiger partial charge in [0.15, 0.2) is 11.5 Å². The minimum atomic E-state index is -0.0341. The number of benzene rings is 1. The van der Waals surface area contributed by atoms with Crippen LogP contribution in [0.5, 0.6) is 11.5 Å². The smallest absolute Gasteiger partial charge is 0.231 e. The number of carbonyl (C=O) groups is 1. The molecule has 0 spiro atoms. The Morgan fingerprint density at radius 1 is 1.43 bits per heavy atom. The van der Waals surface area contributed by atoms with E-state index in [9.17, 15) is 4.79 Å². The van der Waals surface area contributed by atoms with Crippen molar-refractivity contribution in [2.24, 2.45) is 5.73 Å². The summed E-state index contributed by atoms with van der Waals surface area (Å²) in [7, 11) is 0. The summed E-state index contributed by atoms with van der Waals surface area (Å²) in [5.74, 6) is 1.44. The molecule has 1 aromatic heterocycles. The Balaban J connectivity index is 1.61. The second kappa shape index (κ2) is 6.97. The standard InChI is InChI=1S/C16H19N3O3S/c1-10(17)4-5-18-15(20)7-12-8-23-16(19-12)11-2-3-13-14(6-11)22-9-21-13/h2-3,6,8,10H,4-5,7,9,17H2,1H3,(H,18,20). The predicted octanol–water partition coefficient (Wildman–Crippen LogP) is 1.93. The van der Waals surface area contributed by atoms with Crippen LogP contribution in [0.4, 0.5) is 0 Å². The fourth-order valence-electron chi connectivity index (χ4n) is 2.22. The fraction of sp³-hybridized carbons (Fsp3) is 0.375. The molecule has 2 aromatic rings. The van der Waals surface area contributed by atoms with E-state index in [2.05, 4.69) is 10.3 Å². The summed E-state index contributed by atoms with van der Waals surface area (Å²) >= 11 is 1.51. The maximum absolute atomic E-state index is 11.9. The van der Waals surface area contributed by atoms with E-state index in [1.165, 1.54) is 11.3 Å². The van der Waals surface area contributed by atoms with Crippen molar-refractivity contribution in [1.82, 2.24) is 10.3 Å². The van der Waals surface area contributed by atoms with Crippen LogP contribution >= 0.6 is 11.3 Å². The maximum Gasteiger partial charge on any atom is 0.231 e. The van der Waals surface area contributed by atoms with Crippen LogP contribution in [0, 0.1) is 0 Å². The van der Waals surface area contributed by atoms with Gasteiger partial charge < -0.3 is 20.5 Å². The van der Waals surface area contributed by atoms with Gasteiger partial charge in [-0.2, -0.15) is 0 Å². The number of nitrogens with zero attached hydrogens (tertiary/aromatic N) is 1. The van der Waals surface area contributed by atoms with Gasteiger partial charge in [0.1, 0.15) is 5.01 Å². The van der Waals surface area contributed by atoms with Gasteiger partial charge in [0.2, 0.25) is 12.7 Å². The van der Waals surface area contributed by atoms with Gasteiger partial charge in [-0.05, 0) is 31.5 Å². The maximum atomic E-state index is 11.9. The molecule has 0 saturated heterocycles. The third kappa shape index (κ3) is 4.00. The van der Waals surface area contributed by atoms with Crippen LogP contribution in [-0.4, -0.2) is 30.3 Å². The molecule has 1 amide bonds. The van der Waals surface area contributed by atoms with Crippen molar-refractivity contribution in [1.29, 1.82) is 0 Å². The van der Waals surface area contributed by atoms with Crippen molar-refractivity contribution >= 4 is 17.2 Å². The highest BCUT2D eigenvalue weighted by Gasteiger charge is 2.15. The molecule has 3 N–H and O–H groups in total. The molecular weight excluding hydrogens is 314 g/mol. The molecule has 1 unspecified atom stereocenters. The SMILES string of the molecule is CC(N)CCNC(=O)Cc1csc(-c2ccc3c(c2)OCO3)n1. The van der Waals surface area contributed by atoms with E-state index in [1.807, 2.05) is 30.5 Å².